The molecule has 0 atom stereocenters. The van der Waals surface area contributed by atoms with Gasteiger partial charge in [0.15, 0.2) is 0 Å². The van der Waals surface area contributed by atoms with Crippen molar-refractivity contribution in [3.63, 3.8) is 0 Å². The molecule has 1 aromatic rings. The normalized spacial score (nSPS) is 15.9. The Morgan fingerprint density at radius 1 is 1.35 bits per heavy atom. The second-order valence-electron chi connectivity index (χ2n) is 3.71. The van der Waals surface area contributed by atoms with Crippen LogP contribution in [0.1, 0.15) is 0 Å². The Hall–Kier alpha value is -1.07. The first kappa shape index (κ1) is 12.4. The average Bonchev–Trinajstić information content (AvgIpc) is 2.38. The summed E-state index contributed by atoms with van der Waals surface area (Å²) in [6.45, 7) is 2.46. The third-order valence-corrected chi connectivity index (χ3v) is 3.58. The molecule has 0 spiro atoms. The molecule has 0 unspecified atom stereocenters. The molecule has 1 aliphatic heterocycles. The number of hydrogen-bond donors (Lipinski definition) is 0. The van der Waals surface area contributed by atoms with Crippen LogP contribution in [0, 0.1) is 5.82 Å². The minimum atomic E-state index is -0.271. The molecule has 0 saturated carbocycles. The maximum atomic E-state index is 13.3. The number of morpholine rings is 1. The molecule has 0 bridgehead atoms. The molecule has 1 amide bonds. The fourth-order valence-corrected chi connectivity index (χ4v) is 2.45. The Morgan fingerprint density at radius 2 is 2.06 bits per heavy atom. The number of carbonyl (C=O) groups is 1. The van der Waals surface area contributed by atoms with Crippen molar-refractivity contribution in [1.29, 1.82) is 0 Å². The molecule has 2 rings (SSSR count). The van der Waals surface area contributed by atoms with E-state index in [2.05, 4.69) is 0 Å². The molecule has 0 aliphatic carbocycles. The molecule has 1 aromatic carbocycles. The fourth-order valence-electron chi connectivity index (χ4n) is 1.61. The second kappa shape index (κ2) is 6.02. The van der Waals surface area contributed by atoms with Gasteiger partial charge in [0.05, 0.1) is 19.0 Å². The van der Waals surface area contributed by atoms with Crippen LogP contribution in [-0.2, 0) is 9.53 Å². The lowest BCUT2D eigenvalue weighted by Crippen LogP contribution is -2.41. The number of hydrogen-bond acceptors (Lipinski definition) is 3. The highest BCUT2D eigenvalue weighted by Gasteiger charge is 2.17. The third-order valence-electron chi connectivity index (χ3n) is 2.55. The van der Waals surface area contributed by atoms with E-state index in [-0.39, 0.29) is 17.5 Å². The van der Waals surface area contributed by atoms with Crippen molar-refractivity contribution in [3.05, 3.63) is 30.1 Å². The van der Waals surface area contributed by atoms with E-state index in [4.69, 9.17) is 4.74 Å². The van der Waals surface area contributed by atoms with Crippen LogP contribution < -0.4 is 0 Å². The van der Waals surface area contributed by atoms with Gasteiger partial charge in [-0.1, -0.05) is 12.1 Å². The molecule has 0 radical (unpaired) electrons. The molecule has 1 heterocycles. The first-order valence-electron chi connectivity index (χ1n) is 5.50. The molecule has 92 valence electrons. The summed E-state index contributed by atoms with van der Waals surface area (Å²) >= 11 is 1.24. The molecule has 1 fully saturated rings. The molecule has 1 aliphatic rings. The van der Waals surface area contributed by atoms with Gasteiger partial charge in [-0.3, -0.25) is 4.79 Å². The van der Waals surface area contributed by atoms with Crippen molar-refractivity contribution in [2.75, 3.05) is 32.1 Å². The van der Waals surface area contributed by atoms with E-state index in [0.29, 0.717) is 31.2 Å². The van der Waals surface area contributed by atoms with Crippen molar-refractivity contribution in [2.45, 2.75) is 4.90 Å². The quantitative estimate of drug-likeness (QED) is 0.771. The van der Waals surface area contributed by atoms with Gasteiger partial charge in [0.2, 0.25) is 5.91 Å². The Morgan fingerprint density at radius 3 is 2.76 bits per heavy atom. The van der Waals surface area contributed by atoms with Crippen molar-refractivity contribution in [1.82, 2.24) is 4.90 Å². The monoisotopic (exact) mass is 255 g/mol. The number of amides is 1. The highest BCUT2D eigenvalue weighted by Crippen LogP contribution is 2.21. The summed E-state index contributed by atoms with van der Waals surface area (Å²) in [7, 11) is 0. The van der Waals surface area contributed by atoms with Crippen molar-refractivity contribution < 1.29 is 13.9 Å². The topological polar surface area (TPSA) is 29.5 Å². The largest absolute Gasteiger partial charge is 0.378 e. The number of halogens is 1. The molecule has 17 heavy (non-hydrogen) atoms. The zero-order valence-corrected chi connectivity index (χ0v) is 10.2. The molecule has 0 aromatic heterocycles. The Kier molecular flexibility index (Phi) is 4.39. The summed E-state index contributed by atoms with van der Waals surface area (Å²) in [5.41, 5.74) is 0. The summed E-state index contributed by atoms with van der Waals surface area (Å²) in [4.78, 5) is 14.1. The minimum Gasteiger partial charge on any atom is -0.378 e. The summed E-state index contributed by atoms with van der Waals surface area (Å²) in [6.07, 6.45) is 0. The first-order valence-corrected chi connectivity index (χ1v) is 6.49. The Bertz CT molecular complexity index is 394. The SMILES string of the molecule is O=C(CSc1ccccc1F)N1CCOCC1. The van der Waals surface area contributed by atoms with Gasteiger partial charge in [0.1, 0.15) is 5.82 Å². The highest BCUT2D eigenvalue weighted by molar-refractivity contribution is 8.00. The zero-order chi connectivity index (χ0) is 12.1. The average molecular weight is 255 g/mol. The van der Waals surface area contributed by atoms with E-state index in [0.717, 1.165) is 0 Å². The van der Waals surface area contributed by atoms with Crippen LogP contribution in [-0.4, -0.2) is 42.9 Å². The molecular weight excluding hydrogens is 241 g/mol. The molecule has 0 N–H and O–H groups in total. The number of thioether (sulfide) groups is 1. The highest BCUT2D eigenvalue weighted by atomic mass is 32.2. The van der Waals surface area contributed by atoms with Crippen LogP contribution >= 0.6 is 11.8 Å². The van der Waals surface area contributed by atoms with Crippen LogP contribution in [0.3, 0.4) is 0 Å². The minimum absolute atomic E-state index is 0.0431. The van der Waals surface area contributed by atoms with Crippen molar-refractivity contribution >= 4 is 17.7 Å². The maximum Gasteiger partial charge on any atom is 0.233 e. The third kappa shape index (κ3) is 3.44. The van der Waals surface area contributed by atoms with E-state index in [1.165, 1.54) is 17.8 Å². The number of ether oxygens (including phenoxy) is 1. The van der Waals surface area contributed by atoms with Gasteiger partial charge in [0.25, 0.3) is 0 Å². The predicted octanol–water partition coefficient (Wildman–Crippen LogP) is 1.78. The molecule has 3 nitrogen and oxygen atoms in total. The van der Waals surface area contributed by atoms with Gasteiger partial charge in [-0.25, -0.2) is 4.39 Å². The summed E-state index contributed by atoms with van der Waals surface area (Å²) < 4.78 is 18.5. The van der Waals surface area contributed by atoms with Crippen LogP contribution in [0.25, 0.3) is 0 Å². The van der Waals surface area contributed by atoms with Gasteiger partial charge in [0, 0.05) is 18.0 Å². The van der Waals surface area contributed by atoms with Crippen molar-refractivity contribution in [2.24, 2.45) is 0 Å². The Labute approximate surface area is 104 Å². The number of nitrogens with zero attached hydrogens (tertiary/aromatic N) is 1. The second-order valence-corrected chi connectivity index (χ2v) is 4.73. The van der Waals surface area contributed by atoms with Gasteiger partial charge in [-0.2, -0.15) is 0 Å². The van der Waals surface area contributed by atoms with Crippen LogP contribution in [0.15, 0.2) is 29.2 Å². The summed E-state index contributed by atoms with van der Waals surface area (Å²) in [5.74, 6) is 0.0508. The smallest absolute Gasteiger partial charge is 0.233 e. The summed E-state index contributed by atoms with van der Waals surface area (Å²) in [5, 5.41) is 0. The Balaban J connectivity index is 1.85. The van der Waals surface area contributed by atoms with Gasteiger partial charge in [-0.15, -0.1) is 11.8 Å². The molecule has 1 saturated heterocycles. The van der Waals surface area contributed by atoms with Gasteiger partial charge in [-0.05, 0) is 12.1 Å². The lowest BCUT2D eigenvalue weighted by atomic mass is 10.3. The standard InChI is InChI=1S/C12H14FNO2S/c13-10-3-1-2-4-11(10)17-9-12(15)14-5-7-16-8-6-14/h1-4H,5-9H2. The lowest BCUT2D eigenvalue weighted by molar-refractivity contribution is -0.132. The van der Waals surface area contributed by atoms with Gasteiger partial charge >= 0.3 is 0 Å². The van der Waals surface area contributed by atoms with Crippen LogP contribution in [0.4, 0.5) is 4.39 Å². The number of benzene rings is 1. The van der Waals surface area contributed by atoms with Crippen LogP contribution in [0.5, 0.6) is 0 Å². The fraction of sp³-hybridized carbons (Fsp3) is 0.417. The van der Waals surface area contributed by atoms with E-state index in [1.54, 1.807) is 23.1 Å². The lowest BCUT2D eigenvalue weighted by Gasteiger charge is -2.26. The maximum absolute atomic E-state index is 13.3. The van der Waals surface area contributed by atoms with E-state index < -0.39 is 0 Å². The predicted molar refractivity (Wildman–Crippen MR) is 64.5 cm³/mol. The number of rotatable bonds is 3. The van der Waals surface area contributed by atoms with E-state index in [9.17, 15) is 9.18 Å². The number of carbonyl (C=O) groups excluding carboxylic acids is 1. The van der Waals surface area contributed by atoms with E-state index in [1.807, 2.05) is 0 Å². The summed E-state index contributed by atoms with van der Waals surface area (Å²) in [6, 6.07) is 6.50. The van der Waals surface area contributed by atoms with Crippen molar-refractivity contribution in [3.8, 4) is 0 Å². The molecular formula is C12H14FNO2S. The van der Waals surface area contributed by atoms with E-state index >= 15 is 0 Å². The van der Waals surface area contributed by atoms with Crippen LogP contribution in [0.2, 0.25) is 0 Å². The zero-order valence-electron chi connectivity index (χ0n) is 9.39. The first-order chi connectivity index (χ1) is 8.27. The molecule has 5 heteroatoms. The van der Waals surface area contributed by atoms with Gasteiger partial charge < -0.3 is 9.64 Å².